The molecule has 4 rings (SSSR count). The Morgan fingerprint density at radius 1 is 1.30 bits per heavy atom. The molecule has 3 heterocycles. The number of fused-ring (bicyclic) bond motifs is 1. The van der Waals surface area contributed by atoms with Crippen molar-refractivity contribution in [3.05, 3.63) is 35.9 Å². The van der Waals surface area contributed by atoms with Gasteiger partial charge in [-0.25, -0.2) is 4.99 Å². The maximum absolute atomic E-state index is 12.2. The summed E-state index contributed by atoms with van der Waals surface area (Å²) in [5.74, 6) is -0.475. The maximum atomic E-state index is 12.2. The van der Waals surface area contributed by atoms with Crippen LogP contribution in [0.15, 0.2) is 45.3 Å². The lowest BCUT2D eigenvalue weighted by atomic mass is 10.1. The van der Waals surface area contributed by atoms with E-state index in [1.165, 1.54) is 4.90 Å². The predicted molar refractivity (Wildman–Crippen MR) is 94.7 cm³/mol. The van der Waals surface area contributed by atoms with Crippen LogP contribution in [0.3, 0.4) is 0 Å². The van der Waals surface area contributed by atoms with Crippen molar-refractivity contribution in [1.82, 2.24) is 4.90 Å². The minimum Gasteiger partial charge on any atom is -0.460 e. The average Bonchev–Trinajstić information content (AvgIpc) is 3.20. The lowest BCUT2D eigenvalue weighted by Gasteiger charge is -2.28. The maximum Gasteiger partial charge on any atom is 0.296 e. The third kappa shape index (κ3) is 3.29. The lowest BCUT2D eigenvalue weighted by Crippen LogP contribution is -2.47. The summed E-state index contributed by atoms with van der Waals surface area (Å²) in [4.78, 5) is 25.8. The largest absolute Gasteiger partial charge is 0.460 e. The number of benzene rings is 1. The lowest BCUT2D eigenvalue weighted by molar-refractivity contribution is -0.117. The second kappa shape index (κ2) is 7.06. The summed E-state index contributed by atoms with van der Waals surface area (Å²) in [6.07, 6.45) is -2.11. The molecule has 0 radical (unpaired) electrons. The number of amidine groups is 2. The first-order valence-electron chi connectivity index (χ1n) is 8.51. The van der Waals surface area contributed by atoms with Crippen molar-refractivity contribution >= 4 is 23.7 Å². The van der Waals surface area contributed by atoms with Crippen LogP contribution in [-0.2, 0) is 20.9 Å². The predicted octanol–water partition coefficient (Wildman–Crippen LogP) is -1.04. The van der Waals surface area contributed by atoms with Crippen LogP contribution in [0.2, 0.25) is 0 Å². The Hall–Kier alpha value is -2.82. The van der Waals surface area contributed by atoms with Gasteiger partial charge in [-0.05, 0) is 5.56 Å². The highest BCUT2D eigenvalue weighted by atomic mass is 16.6. The molecule has 1 unspecified atom stereocenters. The molecule has 0 aliphatic carbocycles. The van der Waals surface area contributed by atoms with E-state index in [4.69, 9.17) is 15.2 Å². The Morgan fingerprint density at radius 2 is 2.07 bits per heavy atom. The van der Waals surface area contributed by atoms with E-state index in [1.807, 2.05) is 30.3 Å². The topological polar surface area (TPSA) is 142 Å². The summed E-state index contributed by atoms with van der Waals surface area (Å²) in [6.45, 7) is -0.110. The van der Waals surface area contributed by atoms with Gasteiger partial charge in [-0.3, -0.25) is 9.69 Å². The number of nitrogens with two attached hydrogens (primary N) is 1. The molecule has 0 spiro atoms. The van der Waals surface area contributed by atoms with Gasteiger partial charge in [-0.15, -0.1) is 0 Å². The number of guanidine groups is 1. The van der Waals surface area contributed by atoms with Crippen molar-refractivity contribution < 1.29 is 24.5 Å². The van der Waals surface area contributed by atoms with Gasteiger partial charge in [0, 0.05) is 6.42 Å². The van der Waals surface area contributed by atoms with Gasteiger partial charge in [-0.1, -0.05) is 30.3 Å². The molecule has 10 heteroatoms. The summed E-state index contributed by atoms with van der Waals surface area (Å²) in [5, 5.41) is 19.4. The molecule has 27 heavy (non-hydrogen) atoms. The number of nitrogens with zero attached hydrogens (tertiary/aromatic N) is 4. The van der Waals surface area contributed by atoms with Crippen LogP contribution in [0, 0.1) is 0 Å². The smallest absolute Gasteiger partial charge is 0.296 e. The van der Waals surface area contributed by atoms with Crippen molar-refractivity contribution in [2.75, 3.05) is 6.61 Å². The van der Waals surface area contributed by atoms with Crippen molar-refractivity contribution in [3.63, 3.8) is 0 Å². The van der Waals surface area contributed by atoms with Gasteiger partial charge in [0.05, 0.1) is 12.7 Å². The molecule has 1 aromatic carbocycles. The van der Waals surface area contributed by atoms with E-state index in [-0.39, 0.29) is 37.5 Å². The van der Waals surface area contributed by atoms with Crippen molar-refractivity contribution in [2.45, 2.75) is 37.5 Å². The molecule has 10 nitrogen and oxygen atoms in total. The number of hydrogen-bond acceptors (Lipinski definition) is 9. The fraction of sp³-hybridized carbons (Fsp3) is 0.412. The SMILES string of the molecule is NC1=NC(=O)C2N=C(OCc3ccccc3)N([C@H]3C[C@H](O)[C@@H](CO)O3)C2=N1. The third-order valence-corrected chi connectivity index (χ3v) is 4.51. The quantitative estimate of drug-likeness (QED) is 0.612. The van der Waals surface area contributed by atoms with Gasteiger partial charge in [0.15, 0.2) is 11.9 Å². The van der Waals surface area contributed by atoms with Gasteiger partial charge >= 0.3 is 0 Å². The van der Waals surface area contributed by atoms with Crippen LogP contribution in [0.5, 0.6) is 0 Å². The van der Waals surface area contributed by atoms with E-state index in [1.54, 1.807) is 0 Å². The standard InChI is InChI=1S/C17H19N5O5/c18-16-20-14-13(15(25)21-16)19-17(26-8-9-4-2-1-3-5-9)22(14)12-6-10(24)11(7-23)27-12/h1-5,10-13,23-24H,6-8H2,(H2,18,21,25)/t10-,11+,12+,13?/m0/s1. The zero-order valence-corrected chi connectivity index (χ0v) is 14.3. The highest BCUT2D eigenvalue weighted by Crippen LogP contribution is 2.29. The Kier molecular flexibility index (Phi) is 4.60. The van der Waals surface area contributed by atoms with E-state index >= 15 is 0 Å². The minimum absolute atomic E-state index is 0.136. The number of amides is 1. The van der Waals surface area contributed by atoms with Gasteiger partial charge < -0.3 is 25.4 Å². The molecule has 4 atom stereocenters. The Labute approximate surface area is 154 Å². The monoisotopic (exact) mass is 373 g/mol. The molecule has 0 saturated carbocycles. The molecule has 1 fully saturated rings. The van der Waals surface area contributed by atoms with Crippen LogP contribution in [-0.4, -0.2) is 69.9 Å². The molecule has 0 aromatic heterocycles. The number of carbonyl (C=O) groups is 1. The Balaban J connectivity index is 1.60. The van der Waals surface area contributed by atoms with Gasteiger partial charge in [-0.2, -0.15) is 9.98 Å². The van der Waals surface area contributed by atoms with Crippen LogP contribution in [0.25, 0.3) is 0 Å². The number of rotatable bonds is 4. The van der Waals surface area contributed by atoms with Gasteiger partial charge in [0.2, 0.25) is 5.96 Å². The van der Waals surface area contributed by atoms with E-state index in [9.17, 15) is 15.0 Å². The molecule has 142 valence electrons. The van der Waals surface area contributed by atoms with E-state index < -0.39 is 30.4 Å². The first-order chi connectivity index (χ1) is 13.1. The number of carbonyl (C=O) groups excluding carboxylic acids is 1. The molecular formula is C17H19N5O5. The van der Waals surface area contributed by atoms with E-state index in [0.29, 0.717) is 0 Å². The normalized spacial score (nSPS) is 29.9. The van der Waals surface area contributed by atoms with Gasteiger partial charge in [0.25, 0.3) is 11.9 Å². The third-order valence-electron chi connectivity index (χ3n) is 4.51. The average molecular weight is 373 g/mol. The van der Waals surface area contributed by atoms with Crippen molar-refractivity contribution in [1.29, 1.82) is 0 Å². The van der Waals surface area contributed by atoms with Gasteiger partial charge in [0.1, 0.15) is 18.9 Å². The van der Waals surface area contributed by atoms with Crippen molar-refractivity contribution in [2.24, 2.45) is 20.7 Å². The van der Waals surface area contributed by atoms with Crippen molar-refractivity contribution in [3.8, 4) is 0 Å². The summed E-state index contributed by atoms with van der Waals surface area (Å²) in [7, 11) is 0. The Bertz CT molecular complexity index is 824. The fourth-order valence-electron chi connectivity index (χ4n) is 3.19. The number of aliphatic hydroxyl groups excluding tert-OH is 2. The van der Waals surface area contributed by atoms with E-state index in [2.05, 4.69) is 15.0 Å². The van der Waals surface area contributed by atoms with E-state index in [0.717, 1.165) is 5.56 Å². The fourth-order valence-corrected chi connectivity index (χ4v) is 3.19. The summed E-state index contributed by atoms with van der Waals surface area (Å²) < 4.78 is 11.5. The molecule has 1 saturated heterocycles. The zero-order chi connectivity index (χ0) is 19.0. The Morgan fingerprint density at radius 3 is 2.78 bits per heavy atom. The van der Waals surface area contributed by atoms with Crippen LogP contribution in [0.1, 0.15) is 12.0 Å². The molecule has 0 bridgehead atoms. The highest BCUT2D eigenvalue weighted by molar-refractivity contribution is 6.23. The number of aliphatic imine (C=N–C) groups is 3. The molecule has 4 N–H and O–H groups in total. The molecule has 1 aromatic rings. The highest BCUT2D eigenvalue weighted by Gasteiger charge is 2.48. The molecule has 3 aliphatic heterocycles. The molecule has 3 aliphatic rings. The first kappa shape index (κ1) is 17.6. The zero-order valence-electron chi connectivity index (χ0n) is 14.3. The van der Waals surface area contributed by atoms with Crippen LogP contribution >= 0.6 is 0 Å². The number of aliphatic hydroxyl groups is 2. The molecule has 1 amide bonds. The number of hydrogen-bond donors (Lipinski definition) is 3. The molecular weight excluding hydrogens is 354 g/mol. The second-order valence-corrected chi connectivity index (χ2v) is 6.35. The summed E-state index contributed by atoms with van der Waals surface area (Å²) in [6, 6.07) is 8.64. The summed E-state index contributed by atoms with van der Waals surface area (Å²) >= 11 is 0. The second-order valence-electron chi connectivity index (χ2n) is 6.35. The summed E-state index contributed by atoms with van der Waals surface area (Å²) in [5.41, 5.74) is 6.54. The number of ether oxygens (including phenoxy) is 2. The first-order valence-corrected chi connectivity index (χ1v) is 8.51. The van der Waals surface area contributed by atoms with Crippen LogP contribution in [0.4, 0.5) is 0 Å². The minimum atomic E-state index is -0.961. The van der Waals surface area contributed by atoms with Crippen LogP contribution < -0.4 is 5.73 Å².